The predicted octanol–water partition coefficient (Wildman–Crippen LogP) is 2.55. The van der Waals surface area contributed by atoms with Crippen molar-refractivity contribution in [2.75, 3.05) is 20.8 Å². The molecule has 0 aliphatic carbocycles. The first-order valence-electron chi connectivity index (χ1n) is 8.78. The maximum absolute atomic E-state index is 13.0. The van der Waals surface area contributed by atoms with E-state index in [1.165, 1.54) is 32.4 Å². The number of carbonyl (C=O) groups is 3. The summed E-state index contributed by atoms with van der Waals surface area (Å²) in [7, 11) is 2.97. The molecule has 7 nitrogen and oxygen atoms in total. The van der Waals surface area contributed by atoms with Crippen LogP contribution in [0.15, 0.2) is 48.0 Å². The monoisotopic (exact) mass is 398 g/mol. The van der Waals surface area contributed by atoms with Crippen molar-refractivity contribution in [3.63, 3.8) is 0 Å². The van der Waals surface area contributed by atoms with Crippen molar-refractivity contribution in [3.05, 3.63) is 65.0 Å². The Balaban J connectivity index is 1.84. The topological polar surface area (TPSA) is 84.9 Å². The van der Waals surface area contributed by atoms with E-state index in [9.17, 15) is 18.8 Å². The summed E-state index contributed by atoms with van der Waals surface area (Å²) < 4.78 is 23.4. The Kier molecular flexibility index (Phi) is 5.92. The average Bonchev–Trinajstić information content (AvgIpc) is 2.72. The molecule has 2 aromatic carbocycles. The van der Waals surface area contributed by atoms with Crippen molar-refractivity contribution in [1.82, 2.24) is 10.2 Å². The molecule has 29 heavy (non-hydrogen) atoms. The number of benzene rings is 2. The number of amides is 4. The molecule has 0 spiro atoms. The van der Waals surface area contributed by atoms with Crippen LogP contribution in [-0.4, -0.2) is 43.5 Å². The molecule has 1 saturated heterocycles. The number of rotatable bonds is 6. The number of hydrogen-bond donors (Lipinski definition) is 1. The lowest BCUT2D eigenvalue weighted by atomic mass is 10.1. The van der Waals surface area contributed by atoms with Crippen molar-refractivity contribution in [2.45, 2.75) is 6.42 Å². The molecule has 0 unspecified atom stereocenters. The van der Waals surface area contributed by atoms with E-state index in [-0.39, 0.29) is 17.9 Å². The van der Waals surface area contributed by atoms with E-state index in [1.807, 2.05) is 0 Å². The number of methoxy groups -OCH3 is 2. The molecule has 1 aliphatic rings. The second kappa shape index (κ2) is 8.55. The predicted molar refractivity (Wildman–Crippen MR) is 103 cm³/mol. The Labute approximate surface area is 166 Å². The molecule has 2 aromatic rings. The summed E-state index contributed by atoms with van der Waals surface area (Å²) >= 11 is 0. The fourth-order valence-electron chi connectivity index (χ4n) is 2.88. The van der Waals surface area contributed by atoms with Gasteiger partial charge in [-0.05, 0) is 42.3 Å². The highest BCUT2D eigenvalue weighted by molar-refractivity contribution is 6.31. The second-order valence-corrected chi connectivity index (χ2v) is 6.26. The van der Waals surface area contributed by atoms with Crippen molar-refractivity contribution < 1.29 is 28.2 Å². The Morgan fingerprint density at radius 3 is 2.41 bits per heavy atom. The van der Waals surface area contributed by atoms with Gasteiger partial charge in [0.25, 0.3) is 11.8 Å². The molecule has 1 heterocycles. The van der Waals surface area contributed by atoms with Gasteiger partial charge in [0, 0.05) is 18.2 Å². The maximum Gasteiger partial charge on any atom is 0.331 e. The molecule has 0 atom stereocenters. The summed E-state index contributed by atoms with van der Waals surface area (Å²) in [5.74, 6) is -0.897. The summed E-state index contributed by atoms with van der Waals surface area (Å²) in [6, 6.07) is 9.89. The van der Waals surface area contributed by atoms with Crippen molar-refractivity contribution in [2.24, 2.45) is 0 Å². The number of carbonyl (C=O) groups excluding carboxylic acids is 3. The zero-order valence-electron chi connectivity index (χ0n) is 15.9. The molecule has 150 valence electrons. The molecule has 1 aliphatic heterocycles. The van der Waals surface area contributed by atoms with E-state index >= 15 is 0 Å². The molecule has 0 aromatic heterocycles. The molecule has 0 radical (unpaired) electrons. The fraction of sp³-hybridized carbons (Fsp3) is 0.190. The summed E-state index contributed by atoms with van der Waals surface area (Å²) in [4.78, 5) is 38.1. The number of imide groups is 2. The van der Waals surface area contributed by atoms with Crippen LogP contribution >= 0.6 is 0 Å². The van der Waals surface area contributed by atoms with Crippen LogP contribution in [0.2, 0.25) is 0 Å². The van der Waals surface area contributed by atoms with Crippen LogP contribution < -0.4 is 14.8 Å². The van der Waals surface area contributed by atoms with Crippen LogP contribution in [-0.2, 0) is 16.0 Å². The van der Waals surface area contributed by atoms with E-state index < -0.39 is 17.8 Å². The van der Waals surface area contributed by atoms with E-state index in [0.717, 1.165) is 10.5 Å². The Bertz CT molecular complexity index is 985. The third-order valence-electron chi connectivity index (χ3n) is 4.46. The smallest absolute Gasteiger partial charge is 0.331 e. The molecule has 1 fully saturated rings. The standard InChI is InChI=1S/C21H19FN2O5/c1-28-16-8-5-14(18(12-16)29-2)11-17-19(25)23-21(27)24(20(17)26)10-9-13-3-6-15(22)7-4-13/h3-8,11-12H,9-10H2,1-2H3,(H,23,25,27)/b17-11-. The number of hydrogen-bond acceptors (Lipinski definition) is 5. The zero-order valence-corrected chi connectivity index (χ0v) is 15.9. The highest BCUT2D eigenvalue weighted by Crippen LogP contribution is 2.27. The van der Waals surface area contributed by atoms with Gasteiger partial charge in [0.15, 0.2) is 0 Å². The molecular weight excluding hydrogens is 379 g/mol. The summed E-state index contributed by atoms with van der Waals surface area (Å²) in [5.41, 5.74) is 1.05. The third kappa shape index (κ3) is 4.43. The van der Waals surface area contributed by atoms with Crippen molar-refractivity contribution >= 4 is 23.9 Å². The third-order valence-corrected chi connectivity index (χ3v) is 4.46. The lowest BCUT2D eigenvalue weighted by molar-refractivity contribution is -0.130. The fourth-order valence-corrected chi connectivity index (χ4v) is 2.88. The summed E-state index contributed by atoms with van der Waals surface area (Å²) in [5, 5.41) is 2.17. The largest absolute Gasteiger partial charge is 0.497 e. The van der Waals surface area contributed by atoms with Crippen molar-refractivity contribution in [3.8, 4) is 11.5 Å². The maximum atomic E-state index is 13.0. The van der Waals surface area contributed by atoms with Gasteiger partial charge in [0.2, 0.25) is 0 Å². The Hall–Kier alpha value is -3.68. The van der Waals surface area contributed by atoms with Crippen molar-refractivity contribution in [1.29, 1.82) is 0 Å². The van der Waals surface area contributed by atoms with Gasteiger partial charge in [-0.2, -0.15) is 0 Å². The Morgan fingerprint density at radius 2 is 1.76 bits per heavy atom. The number of halogens is 1. The number of urea groups is 1. The molecule has 0 saturated carbocycles. The van der Waals surface area contributed by atoms with E-state index in [0.29, 0.717) is 23.5 Å². The zero-order chi connectivity index (χ0) is 21.0. The van der Waals surface area contributed by atoms with E-state index in [4.69, 9.17) is 9.47 Å². The molecule has 1 N–H and O–H groups in total. The van der Waals surface area contributed by atoms with Gasteiger partial charge in [0.1, 0.15) is 22.9 Å². The van der Waals surface area contributed by atoms with Crippen LogP contribution in [0.5, 0.6) is 11.5 Å². The molecular formula is C21H19FN2O5. The first kappa shape index (κ1) is 20.1. The van der Waals surface area contributed by atoms with E-state index in [1.54, 1.807) is 30.3 Å². The molecule has 8 heteroatoms. The van der Waals surface area contributed by atoms with Gasteiger partial charge in [-0.25, -0.2) is 9.18 Å². The lowest BCUT2D eigenvalue weighted by Crippen LogP contribution is -2.54. The van der Waals surface area contributed by atoms with Crippen LogP contribution in [0.1, 0.15) is 11.1 Å². The highest BCUT2D eigenvalue weighted by Gasteiger charge is 2.35. The van der Waals surface area contributed by atoms with Gasteiger partial charge < -0.3 is 9.47 Å². The quantitative estimate of drug-likeness (QED) is 0.597. The second-order valence-electron chi connectivity index (χ2n) is 6.26. The average molecular weight is 398 g/mol. The SMILES string of the molecule is COc1ccc(/C=C2/C(=O)NC(=O)N(CCc3ccc(F)cc3)C2=O)c(OC)c1. The first-order chi connectivity index (χ1) is 13.9. The molecule has 4 amide bonds. The van der Waals surface area contributed by atoms with Gasteiger partial charge in [0.05, 0.1) is 14.2 Å². The van der Waals surface area contributed by atoms with Crippen LogP contribution in [0, 0.1) is 5.82 Å². The number of barbiturate groups is 1. The van der Waals surface area contributed by atoms with Gasteiger partial charge in [-0.1, -0.05) is 12.1 Å². The molecule has 3 rings (SSSR count). The number of ether oxygens (including phenoxy) is 2. The van der Waals surface area contributed by atoms with Gasteiger partial charge in [-0.15, -0.1) is 0 Å². The minimum Gasteiger partial charge on any atom is -0.497 e. The molecule has 0 bridgehead atoms. The Morgan fingerprint density at radius 1 is 1.03 bits per heavy atom. The van der Waals surface area contributed by atoms with Crippen LogP contribution in [0.25, 0.3) is 6.08 Å². The number of nitrogens with zero attached hydrogens (tertiary/aromatic N) is 1. The summed E-state index contributed by atoms with van der Waals surface area (Å²) in [6.07, 6.45) is 1.69. The van der Waals surface area contributed by atoms with E-state index in [2.05, 4.69) is 5.32 Å². The van der Waals surface area contributed by atoms with Gasteiger partial charge >= 0.3 is 6.03 Å². The van der Waals surface area contributed by atoms with Crippen LogP contribution in [0.4, 0.5) is 9.18 Å². The lowest BCUT2D eigenvalue weighted by Gasteiger charge is -2.26. The minimum atomic E-state index is -0.791. The first-order valence-corrected chi connectivity index (χ1v) is 8.78. The van der Waals surface area contributed by atoms with Gasteiger partial charge in [-0.3, -0.25) is 19.8 Å². The highest BCUT2D eigenvalue weighted by atomic mass is 19.1. The minimum absolute atomic E-state index is 0.0423. The summed E-state index contributed by atoms with van der Waals surface area (Å²) in [6.45, 7) is 0.0423. The normalized spacial score (nSPS) is 15.5. The van der Waals surface area contributed by atoms with Crippen LogP contribution in [0.3, 0.4) is 0 Å². The number of nitrogens with one attached hydrogen (secondary N) is 1.